The molecule has 0 fully saturated rings. The summed E-state index contributed by atoms with van der Waals surface area (Å²) >= 11 is 0. The van der Waals surface area contributed by atoms with Crippen molar-refractivity contribution < 1.29 is 9.32 Å². The molecule has 4 nitrogen and oxygen atoms in total. The van der Waals surface area contributed by atoms with Crippen LogP contribution in [0.25, 0.3) is 0 Å². The molecule has 1 aromatic heterocycles. The summed E-state index contributed by atoms with van der Waals surface area (Å²) in [5.41, 5.74) is 0.886. The van der Waals surface area contributed by atoms with Gasteiger partial charge in [0.1, 0.15) is 5.76 Å². The van der Waals surface area contributed by atoms with E-state index in [4.69, 9.17) is 4.52 Å². The highest BCUT2D eigenvalue weighted by molar-refractivity contribution is 5.95. The molecule has 1 atom stereocenters. The molecule has 0 unspecified atom stereocenters. The lowest BCUT2D eigenvalue weighted by atomic mass is 9.93. The van der Waals surface area contributed by atoms with Gasteiger partial charge in [-0.25, -0.2) is 0 Å². The maximum atomic E-state index is 12.4. The summed E-state index contributed by atoms with van der Waals surface area (Å²) in [5.74, 6) is 0.989. The van der Waals surface area contributed by atoms with Gasteiger partial charge in [-0.3, -0.25) is 4.79 Å². The second kappa shape index (κ2) is 6.12. The summed E-state index contributed by atoms with van der Waals surface area (Å²) in [7, 11) is 0. The molecule has 2 aromatic rings. The van der Waals surface area contributed by atoms with E-state index in [0.29, 0.717) is 5.82 Å². The fraction of sp³-hybridized carbons (Fsp3) is 0.412. The molecule has 0 radical (unpaired) electrons. The van der Waals surface area contributed by atoms with Crippen LogP contribution in [0, 0.1) is 0 Å². The molecular weight excluding hydrogens is 264 g/mol. The van der Waals surface area contributed by atoms with Crippen LogP contribution in [0.5, 0.6) is 0 Å². The molecule has 0 saturated heterocycles. The van der Waals surface area contributed by atoms with Gasteiger partial charge < -0.3 is 9.84 Å². The van der Waals surface area contributed by atoms with Crippen LogP contribution in [-0.4, -0.2) is 11.1 Å². The highest BCUT2D eigenvalue weighted by atomic mass is 16.5. The Kier molecular flexibility index (Phi) is 4.46. The van der Waals surface area contributed by atoms with Crippen molar-refractivity contribution in [3.63, 3.8) is 0 Å². The van der Waals surface area contributed by atoms with E-state index in [1.807, 2.05) is 58.0 Å². The van der Waals surface area contributed by atoms with Crippen LogP contribution in [0.4, 0.5) is 5.82 Å². The smallest absolute Gasteiger partial charge is 0.233 e. The molecule has 112 valence electrons. The largest absolute Gasteiger partial charge is 0.359 e. The number of hydrogen-bond acceptors (Lipinski definition) is 3. The first-order chi connectivity index (χ1) is 9.91. The molecule has 0 aliphatic heterocycles. The SMILES string of the molecule is CC[C@H](C(=O)Nc1cc(C(C)(C)C)on1)c1ccccc1. The third-order valence-corrected chi connectivity index (χ3v) is 3.43. The van der Waals surface area contributed by atoms with E-state index < -0.39 is 0 Å². The molecule has 1 aromatic carbocycles. The highest BCUT2D eigenvalue weighted by Gasteiger charge is 2.23. The highest BCUT2D eigenvalue weighted by Crippen LogP contribution is 2.26. The zero-order valence-electron chi connectivity index (χ0n) is 13.0. The molecular formula is C17H22N2O2. The Morgan fingerprint density at radius 2 is 1.95 bits per heavy atom. The molecule has 4 heteroatoms. The number of amides is 1. The molecule has 0 aliphatic carbocycles. The Morgan fingerprint density at radius 1 is 1.29 bits per heavy atom. The molecule has 1 N–H and O–H groups in total. The van der Waals surface area contributed by atoms with Gasteiger partial charge in [-0.05, 0) is 12.0 Å². The first-order valence-electron chi connectivity index (χ1n) is 7.25. The number of anilines is 1. The number of hydrogen-bond donors (Lipinski definition) is 1. The minimum Gasteiger partial charge on any atom is -0.359 e. The fourth-order valence-corrected chi connectivity index (χ4v) is 2.16. The van der Waals surface area contributed by atoms with Crippen molar-refractivity contribution in [2.24, 2.45) is 0 Å². The van der Waals surface area contributed by atoms with Gasteiger partial charge in [0.25, 0.3) is 0 Å². The van der Waals surface area contributed by atoms with Crippen LogP contribution in [0.15, 0.2) is 40.9 Å². The Hall–Kier alpha value is -2.10. The van der Waals surface area contributed by atoms with Gasteiger partial charge >= 0.3 is 0 Å². The number of aromatic nitrogens is 1. The first kappa shape index (κ1) is 15.3. The Labute approximate surface area is 125 Å². The first-order valence-corrected chi connectivity index (χ1v) is 7.25. The number of nitrogens with zero attached hydrogens (tertiary/aromatic N) is 1. The second-order valence-electron chi connectivity index (χ2n) is 6.19. The van der Waals surface area contributed by atoms with Crippen LogP contribution in [0.1, 0.15) is 51.4 Å². The van der Waals surface area contributed by atoms with Crippen LogP contribution < -0.4 is 5.32 Å². The quantitative estimate of drug-likeness (QED) is 0.920. The summed E-state index contributed by atoms with van der Waals surface area (Å²) < 4.78 is 5.28. The fourth-order valence-electron chi connectivity index (χ4n) is 2.16. The van der Waals surface area contributed by atoms with E-state index in [1.54, 1.807) is 6.07 Å². The van der Waals surface area contributed by atoms with E-state index in [-0.39, 0.29) is 17.2 Å². The maximum Gasteiger partial charge on any atom is 0.233 e. The molecule has 0 bridgehead atoms. The monoisotopic (exact) mass is 286 g/mol. The zero-order chi connectivity index (χ0) is 15.5. The Bertz CT molecular complexity index is 597. The van der Waals surface area contributed by atoms with E-state index in [0.717, 1.165) is 17.7 Å². The topological polar surface area (TPSA) is 55.1 Å². The van der Waals surface area contributed by atoms with Gasteiger partial charge in [-0.2, -0.15) is 0 Å². The van der Waals surface area contributed by atoms with Gasteiger partial charge in [-0.1, -0.05) is 63.2 Å². The van der Waals surface area contributed by atoms with E-state index >= 15 is 0 Å². The maximum absolute atomic E-state index is 12.4. The van der Waals surface area contributed by atoms with Crippen molar-refractivity contribution in [2.45, 2.75) is 45.4 Å². The van der Waals surface area contributed by atoms with Crippen molar-refractivity contribution >= 4 is 11.7 Å². The predicted octanol–water partition coefficient (Wildman–Crippen LogP) is 4.10. The van der Waals surface area contributed by atoms with Crippen molar-refractivity contribution in [1.29, 1.82) is 0 Å². The predicted molar refractivity (Wildman–Crippen MR) is 83.3 cm³/mol. The van der Waals surface area contributed by atoms with Crippen molar-refractivity contribution in [3.8, 4) is 0 Å². The Balaban J connectivity index is 2.11. The number of rotatable bonds is 4. The normalized spacial score (nSPS) is 13.0. The molecule has 21 heavy (non-hydrogen) atoms. The van der Waals surface area contributed by atoms with Gasteiger partial charge in [0, 0.05) is 11.5 Å². The second-order valence-corrected chi connectivity index (χ2v) is 6.19. The minimum absolute atomic E-state index is 0.0579. The third kappa shape index (κ3) is 3.72. The van der Waals surface area contributed by atoms with Gasteiger partial charge in [0.15, 0.2) is 5.82 Å². The number of benzene rings is 1. The van der Waals surface area contributed by atoms with Crippen molar-refractivity contribution in [2.75, 3.05) is 5.32 Å². The van der Waals surface area contributed by atoms with E-state index in [2.05, 4.69) is 10.5 Å². The van der Waals surface area contributed by atoms with E-state index in [1.165, 1.54) is 0 Å². The van der Waals surface area contributed by atoms with E-state index in [9.17, 15) is 4.79 Å². The standard InChI is InChI=1S/C17H22N2O2/c1-5-13(12-9-7-6-8-10-12)16(20)18-15-11-14(21-19-15)17(2,3)4/h6-11,13H,5H2,1-4H3,(H,18,19,20)/t13-/m0/s1. The lowest BCUT2D eigenvalue weighted by Gasteiger charge is -2.14. The molecule has 0 spiro atoms. The lowest BCUT2D eigenvalue weighted by Crippen LogP contribution is -2.20. The Morgan fingerprint density at radius 3 is 2.48 bits per heavy atom. The van der Waals surface area contributed by atoms with Crippen LogP contribution in [0.2, 0.25) is 0 Å². The lowest BCUT2D eigenvalue weighted by molar-refractivity contribution is -0.117. The molecule has 1 amide bonds. The average Bonchev–Trinajstić information content (AvgIpc) is 2.89. The summed E-state index contributed by atoms with van der Waals surface area (Å²) in [6.07, 6.45) is 0.736. The number of carbonyl (C=O) groups excluding carboxylic acids is 1. The summed E-state index contributed by atoms with van der Waals surface area (Å²) in [5, 5.41) is 6.77. The van der Waals surface area contributed by atoms with Gasteiger partial charge in [0.2, 0.25) is 5.91 Å². The number of nitrogens with one attached hydrogen (secondary N) is 1. The van der Waals surface area contributed by atoms with Crippen LogP contribution in [-0.2, 0) is 10.2 Å². The van der Waals surface area contributed by atoms with Crippen LogP contribution in [0.3, 0.4) is 0 Å². The third-order valence-electron chi connectivity index (χ3n) is 3.43. The summed E-state index contributed by atoms with van der Waals surface area (Å²) in [6.45, 7) is 8.12. The summed E-state index contributed by atoms with van der Waals surface area (Å²) in [6, 6.07) is 11.6. The molecule has 0 aliphatic rings. The van der Waals surface area contributed by atoms with Gasteiger partial charge in [0.05, 0.1) is 5.92 Å². The van der Waals surface area contributed by atoms with Crippen LogP contribution >= 0.6 is 0 Å². The minimum atomic E-state index is -0.180. The average molecular weight is 286 g/mol. The van der Waals surface area contributed by atoms with Gasteiger partial charge in [-0.15, -0.1) is 0 Å². The summed E-state index contributed by atoms with van der Waals surface area (Å²) in [4.78, 5) is 12.4. The van der Waals surface area contributed by atoms with Crippen molar-refractivity contribution in [1.82, 2.24) is 5.16 Å². The zero-order valence-corrected chi connectivity index (χ0v) is 13.0. The molecule has 0 saturated carbocycles. The molecule has 2 rings (SSSR count). The molecule has 1 heterocycles. The number of carbonyl (C=O) groups is 1. The van der Waals surface area contributed by atoms with Crippen molar-refractivity contribution in [3.05, 3.63) is 47.7 Å².